The summed E-state index contributed by atoms with van der Waals surface area (Å²) in [6, 6.07) is 10.3. The molecule has 1 aliphatic carbocycles. The van der Waals surface area contributed by atoms with Crippen molar-refractivity contribution in [3.63, 3.8) is 0 Å². The van der Waals surface area contributed by atoms with E-state index in [1.807, 2.05) is 24.4 Å². The SMILES string of the molecule is O=C1CCCCC1n1cc(CCc2ccccc2)nn1. The Bertz CT molecular complexity index is 576. The summed E-state index contributed by atoms with van der Waals surface area (Å²) in [5.74, 6) is 0.302. The molecule has 0 bridgehead atoms. The molecule has 0 N–H and O–H groups in total. The Kier molecular flexibility index (Phi) is 3.90. The second-order valence-electron chi connectivity index (χ2n) is 5.40. The smallest absolute Gasteiger partial charge is 0.157 e. The molecule has 0 aliphatic heterocycles. The fourth-order valence-corrected chi connectivity index (χ4v) is 2.74. The van der Waals surface area contributed by atoms with Crippen LogP contribution in [-0.2, 0) is 17.6 Å². The van der Waals surface area contributed by atoms with Gasteiger partial charge in [-0.3, -0.25) is 4.79 Å². The highest BCUT2D eigenvalue weighted by Gasteiger charge is 2.24. The van der Waals surface area contributed by atoms with E-state index in [1.165, 1.54) is 5.56 Å². The first-order chi connectivity index (χ1) is 9.83. The topological polar surface area (TPSA) is 47.8 Å². The van der Waals surface area contributed by atoms with E-state index in [0.29, 0.717) is 12.2 Å². The maximum absolute atomic E-state index is 11.9. The average Bonchev–Trinajstić information content (AvgIpc) is 2.95. The summed E-state index contributed by atoms with van der Waals surface area (Å²) in [6.45, 7) is 0. The van der Waals surface area contributed by atoms with Gasteiger partial charge in [-0.2, -0.15) is 0 Å². The van der Waals surface area contributed by atoms with Crippen LogP contribution in [0.15, 0.2) is 36.5 Å². The van der Waals surface area contributed by atoms with Gasteiger partial charge in [0.05, 0.1) is 5.69 Å². The highest BCUT2D eigenvalue weighted by Crippen LogP contribution is 2.24. The van der Waals surface area contributed by atoms with Gasteiger partial charge < -0.3 is 0 Å². The van der Waals surface area contributed by atoms with Gasteiger partial charge in [0, 0.05) is 12.6 Å². The van der Waals surface area contributed by atoms with Crippen LogP contribution in [0.1, 0.15) is 43.0 Å². The standard InChI is InChI=1S/C16H19N3O/c20-16-9-5-4-8-15(16)19-12-14(17-18-19)11-10-13-6-2-1-3-7-13/h1-3,6-7,12,15H,4-5,8-11H2. The van der Waals surface area contributed by atoms with Crippen LogP contribution in [0.4, 0.5) is 0 Å². The van der Waals surface area contributed by atoms with Crippen LogP contribution < -0.4 is 0 Å². The largest absolute Gasteiger partial charge is 0.297 e. The van der Waals surface area contributed by atoms with Crippen LogP contribution in [0.2, 0.25) is 0 Å². The molecule has 1 heterocycles. The van der Waals surface area contributed by atoms with E-state index in [2.05, 4.69) is 22.4 Å². The lowest BCUT2D eigenvalue weighted by atomic mass is 9.94. The van der Waals surface area contributed by atoms with E-state index >= 15 is 0 Å². The predicted molar refractivity (Wildman–Crippen MR) is 76.4 cm³/mol. The molecular weight excluding hydrogens is 250 g/mol. The number of hydrogen-bond acceptors (Lipinski definition) is 3. The molecule has 0 saturated heterocycles. The van der Waals surface area contributed by atoms with Crippen molar-refractivity contribution in [2.45, 2.75) is 44.6 Å². The Morgan fingerprint density at radius 3 is 2.80 bits per heavy atom. The minimum absolute atomic E-state index is 0.0817. The summed E-state index contributed by atoms with van der Waals surface area (Å²) < 4.78 is 1.77. The van der Waals surface area contributed by atoms with Crippen molar-refractivity contribution in [2.24, 2.45) is 0 Å². The highest BCUT2D eigenvalue weighted by atomic mass is 16.1. The Morgan fingerprint density at radius 1 is 1.15 bits per heavy atom. The second-order valence-corrected chi connectivity index (χ2v) is 5.40. The summed E-state index contributed by atoms with van der Waals surface area (Å²) in [7, 11) is 0. The van der Waals surface area contributed by atoms with Crippen LogP contribution >= 0.6 is 0 Å². The van der Waals surface area contributed by atoms with Crippen molar-refractivity contribution >= 4 is 5.78 Å². The van der Waals surface area contributed by atoms with Crippen molar-refractivity contribution in [2.75, 3.05) is 0 Å². The third-order valence-corrected chi connectivity index (χ3v) is 3.91. The van der Waals surface area contributed by atoms with Gasteiger partial charge >= 0.3 is 0 Å². The quantitative estimate of drug-likeness (QED) is 0.857. The molecule has 1 saturated carbocycles. The molecule has 4 heteroatoms. The summed E-state index contributed by atoms with van der Waals surface area (Å²) in [5.41, 5.74) is 2.27. The number of carbonyl (C=O) groups is 1. The number of hydrogen-bond donors (Lipinski definition) is 0. The molecule has 1 unspecified atom stereocenters. The summed E-state index contributed by atoms with van der Waals surface area (Å²) in [6.07, 6.45) is 7.48. The third kappa shape index (κ3) is 2.95. The van der Waals surface area contributed by atoms with Crippen LogP contribution in [0, 0.1) is 0 Å². The van der Waals surface area contributed by atoms with E-state index in [1.54, 1.807) is 4.68 Å². The van der Waals surface area contributed by atoms with Crippen molar-refractivity contribution in [3.05, 3.63) is 47.8 Å². The Balaban J connectivity index is 1.63. The van der Waals surface area contributed by atoms with Crippen LogP contribution in [-0.4, -0.2) is 20.8 Å². The number of carbonyl (C=O) groups excluding carboxylic acids is 1. The maximum atomic E-state index is 11.9. The van der Waals surface area contributed by atoms with Gasteiger partial charge in [-0.25, -0.2) is 4.68 Å². The van der Waals surface area contributed by atoms with E-state index in [4.69, 9.17) is 0 Å². The Labute approximate surface area is 118 Å². The van der Waals surface area contributed by atoms with Gasteiger partial charge in [-0.05, 0) is 31.2 Å². The van der Waals surface area contributed by atoms with Gasteiger partial charge in [0.15, 0.2) is 5.78 Å². The number of aryl methyl sites for hydroxylation is 2. The minimum atomic E-state index is -0.0817. The van der Waals surface area contributed by atoms with E-state index < -0.39 is 0 Å². The van der Waals surface area contributed by atoms with Gasteiger partial charge in [0.25, 0.3) is 0 Å². The molecule has 1 aliphatic rings. The lowest BCUT2D eigenvalue weighted by Gasteiger charge is -2.19. The number of ketones is 1. The molecule has 1 atom stereocenters. The van der Waals surface area contributed by atoms with E-state index in [-0.39, 0.29) is 6.04 Å². The molecule has 0 amide bonds. The van der Waals surface area contributed by atoms with Crippen molar-refractivity contribution in [3.8, 4) is 0 Å². The predicted octanol–water partition coefficient (Wildman–Crippen LogP) is 2.75. The molecule has 1 fully saturated rings. The fraction of sp³-hybridized carbons (Fsp3) is 0.438. The molecule has 0 spiro atoms. The molecule has 4 nitrogen and oxygen atoms in total. The van der Waals surface area contributed by atoms with E-state index in [0.717, 1.165) is 37.8 Å². The van der Waals surface area contributed by atoms with Crippen LogP contribution in [0.25, 0.3) is 0 Å². The summed E-state index contributed by atoms with van der Waals surface area (Å²) >= 11 is 0. The lowest BCUT2D eigenvalue weighted by molar-refractivity contribution is -0.124. The molecule has 0 radical (unpaired) electrons. The summed E-state index contributed by atoms with van der Waals surface area (Å²) in [4.78, 5) is 11.9. The van der Waals surface area contributed by atoms with Gasteiger partial charge in [0.2, 0.25) is 0 Å². The fourth-order valence-electron chi connectivity index (χ4n) is 2.74. The zero-order valence-corrected chi connectivity index (χ0v) is 11.5. The highest BCUT2D eigenvalue weighted by molar-refractivity contribution is 5.83. The van der Waals surface area contributed by atoms with Crippen LogP contribution in [0.3, 0.4) is 0 Å². The number of benzene rings is 1. The number of aromatic nitrogens is 3. The Morgan fingerprint density at radius 2 is 2.00 bits per heavy atom. The van der Waals surface area contributed by atoms with Gasteiger partial charge in [0.1, 0.15) is 6.04 Å². The van der Waals surface area contributed by atoms with Crippen molar-refractivity contribution in [1.82, 2.24) is 15.0 Å². The van der Waals surface area contributed by atoms with Crippen LogP contribution in [0.5, 0.6) is 0 Å². The first-order valence-corrected chi connectivity index (χ1v) is 7.30. The molecule has 1 aromatic carbocycles. The maximum Gasteiger partial charge on any atom is 0.157 e. The first-order valence-electron chi connectivity index (χ1n) is 7.30. The second kappa shape index (κ2) is 5.99. The molecule has 104 valence electrons. The molecule has 2 aromatic rings. The van der Waals surface area contributed by atoms with Gasteiger partial charge in [-0.1, -0.05) is 42.0 Å². The zero-order valence-electron chi connectivity index (χ0n) is 11.5. The third-order valence-electron chi connectivity index (χ3n) is 3.91. The lowest BCUT2D eigenvalue weighted by Crippen LogP contribution is -2.23. The number of Topliss-reactive ketones (excluding diaryl/α,β-unsaturated/α-hetero) is 1. The van der Waals surface area contributed by atoms with E-state index in [9.17, 15) is 4.79 Å². The van der Waals surface area contributed by atoms with Crippen molar-refractivity contribution < 1.29 is 4.79 Å². The molecule has 3 rings (SSSR count). The zero-order chi connectivity index (χ0) is 13.8. The monoisotopic (exact) mass is 269 g/mol. The average molecular weight is 269 g/mol. The normalized spacial score (nSPS) is 19.2. The van der Waals surface area contributed by atoms with Crippen molar-refractivity contribution in [1.29, 1.82) is 0 Å². The first kappa shape index (κ1) is 13.0. The summed E-state index contributed by atoms with van der Waals surface area (Å²) in [5, 5.41) is 8.35. The molecule has 20 heavy (non-hydrogen) atoms. The Hall–Kier alpha value is -1.97. The molecular formula is C16H19N3O. The number of nitrogens with zero attached hydrogens (tertiary/aromatic N) is 3. The van der Waals surface area contributed by atoms with Gasteiger partial charge in [-0.15, -0.1) is 5.10 Å². The molecule has 1 aromatic heterocycles. The number of rotatable bonds is 4. The minimum Gasteiger partial charge on any atom is -0.297 e.